The van der Waals surface area contributed by atoms with E-state index in [9.17, 15) is 14.4 Å². The van der Waals surface area contributed by atoms with Gasteiger partial charge in [-0.3, -0.25) is 9.59 Å². The van der Waals surface area contributed by atoms with Crippen LogP contribution in [0.3, 0.4) is 0 Å². The largest absolute Gasteiger partial charge is 0.341 e. The molecule has 3 aliphatic rings. The van der Waals surface area contributed by atoms with Crippen LogP contribution in [0, 0.1) is 5.92 Å². The lowest BCUT2D eigenvalue weighted by Gasteiger charge is -2.35. The summed E-state index contributed by atoms with van der Waals surface area (Å²) in [6.45, 7) is 3.96. The van der Waals surface area contributed by atoms with Gasteiger partial charge in [-0.2, -0.15) is 0 Å². The average Bonchev–Trinajstić information content (AvgIpc) is 3.13. The molecule has 2 aliphatic heterocycles. The minimum Gasteiger partial charge on any atom is -0.341 e. The molecular weight excluding hydrogens is 344 g/mol. The second kappa shape index (κ2) is 7.91. The molecule has 2 heterocycles. The minimum atomic E-state index is -0.748. The highest BCUT2D eigenvalue weighted by atomic mass is 35.5. The molecule has 25 heavy (non-hydrogen) atoms. The Morgan fingerprint density at radius 1 is 1.32 bits per heavy atom. The number of piperidine rings is 1. The van der Waals surface area contributed by atoms with Crippen molar-refractivity contribution in [2.24, 2.45) is 5.92 Å². The van der Waals surface area contributed by atoms with Gasteiger partial charge < -0.3 is 15.5 Å². The number of likely N-dealkylation sites (tertiary alicyclic amines) is 1. The van der Waals surface area contributed by atoms with E-state index in [1.807, 2.05) is 11.9 Å². The Bertz CT molecular complexity index is 534. The summed E-state index contributed by atoms with van der Waals surface area (Å²) in [4.78, 5) is 41.0. The summed E-state index contributed by atoms with van der Waals surface area (Å²) in [7, 11) is 1.91. The van der Waals surface area contributed by atoms with Gasteiger partial charge in [0.1, 0.15) is 11.6 Å². The van der Waals surface area contributed by atoms with Gasteiger partial charge in [0.05, 0.1) is 0 Å². The van der Waals surface area contributed by atoms with Gasteiger partial charge in [-0.15, -0.1) is 12.4 Å². The molecule has 8 heteroatoms. The normalized spacial score (nSPS) is 26.6. The second-order valence-electron chi connectivity index (χ2n) is 7.42. The van der Waals surface area contributed by atoms with Gasteiger partial charge in [0.2, 0.25) is 5.91 Å². The predicted octanol–water partition coefficient (Wildman–Crippen LogP) is 1.12. The maximum atomic E-state index is 12.9. The summed E-state index contributed by atoms with van der Waals surface area (Å²) in [5.41, 5.74) is -0.748. The minimum absolute atomic E-state index is 0. The molecule has 0 aromatic rings. The number of rotatable bonds is 4. The lowest BCUT2D eigenvalue weighted by atomic mass is 9.96. The van der Waals surface area contributed by atoms with Crippen LogP contribution >= 0.6 is 12.4 Å². The average molecular weight is 373 g/mol. The van der Waals surface area contributed by atoms with E-state index in [0.29, 0.717) is 31.8 Å². The molecule has 1 spiro atoms. The topological polar surface area (TPSA) is 81.8 Å². The van der Waals surface area contributed by atoms with Crippen LogP contribution in [-0.2, 0) is 9.59 Å². The third-order valence-electron chi connectivity index (χ3n) is 5.72. The fourth-order valence-corrected chi connectivity index (χ4v) is 4.41. The molecule has 4 amide bonds. The highest BCUT2D eigenvalue weighted by Crippen LogP contribution is 2.36. The van der Waals surface area contributed by atoms with Crippen molar-refractivity contribution >= 4 is 30.3 Å². The van der Waals surface area contributed by atoms with Crippen LogP contribution in [0.15, 0.2) is 0 Å². The zero-order valence-electron chi connectivity index (χ0n) is 15.0. The van der Waals surface area contributed by atoms with Crippen LogP contribution in [0.1, 0.15) is 45.4 Å². The van der Waals surface area contributed by atoms with Gasteiger partial charge in [0, 0.05) is 13.1 Å². The Morgan fingerprint density at radius 2 is 2.00 bits per heavy atom. The standard InChI is InChI=1S/C17H28N4O3.ClH/c1-12(14(22)20-9-5-6-13(11-20)10-18-2)21-15(23)17(19-16(21)24)7-3-4-8-17;/h12-13,18H,3-11H2,1-2H3,(H,19,24);1H. The number of halogens is 1. The number of carbonyl (C=O) groups is 3. The van der Waals surface area contributed by atoms with E-state index in [0.717, 1.165) is 37.1 Å². The Balaban J connectivity index is 0.00000225. The summed E-state index contributed by atoms with van der Waals surface area (Å²) in [6, 6.07) is -1.14. The molecule has 7 nitrogen and oxygen atoms in total. The van der Waals surface area contributed by atoms with Crippen molar-refractivity contribution in [3.63, 3.8) is 0 Å². The van der Waals surface area contributed by atoms with Gasteiger partial charge in [-0.25, -0.2) is 9.69 Å². The molecule has 0 bridgehead atoms. The van der Waals surface area contributed by atoms with Crippen LogP contribution in [0.5, 0.6) is 0 Å². The zero-order valence-corrected chi connectivity index (χ0v) is 15.9. The SMILES string of the molecule is CNCC1CCCN(C(=O)C(C)N2C(=O)NC3(CCCC3)C2=O)C1.Cl. The number of imide groups is 1. The molecule has 3 rings (SSSR count). The third-order valence-corrected chi connectivity index (χ3v) is 5.72. The van der Waals surface area contributed by atoms with Crippen molar-refractivity contribution in [3.05, 3.63) is 0 Å². The molecule has 2 saturated heterocycles. The molecule has 2 unspecified atom stereocenters. The van der Waals surface area contributed by atoms with E-state index in [-0.39, 0.29) is 24.2 Å². The molecule has 3 fully saturated rings. The van der Waals surface area contributed by atoms with E-state index < -0.39 is 17.6 Å². The third kappa shape index (κ3) is 3.62. The number of hydrogen-bond acceptors (Lipinski definition) is 4. The first-order valence-electron chi connectivity index (χ1n) is 9.08. The molecule has 2 atom stereocenters. The number of carbonyl (C=O) groups excluding carboxylic acids is 3. The highest BCUT2D eigenvalue weighted by molar-refractivity contribution is 6.09. The van der Waals surface area contributed by atoms with E-state index in [2.05, 4.69) is 10.6 Å². The first-order chi connectivity index (χ1) is 11.5. The molecule has 1 saturated carbocycles. The van der Waals surface area contributed by atoms with Gasteiger partial charge in [0.15, 0.2) is 0 Å². The van der Waals surface area contributed by atoms with Crippen molar-refractivity contribution in [2.75, 3.05) is 26.7 Å². The molecule has 1 aliphatic carbocycles. The summed E-state index contributed by atoms with van der Waals surface area (Å²) >= 11 is 0. The van der Waals surface area contributed by atoms with E-state index in [4.69, 9.17) is 0 Å². The Kier molecular flexibility index (Phi) is 6.32. The first-order valence-corrected chi connectivity index (χ1v) is 9.08. The van der Waals surface area contributed by atoms with Crippen molar-refractivity contribution < 1.29 is 14.4 Å². The van der Waals surface area contributed by atoms with Crippen molar-refractivity contribution in [2.45, 2.75) is 57.0 Å². The van der Waals surface area contributed by atoms with Crippen molar-refractivity contribution in [1.29, 1.82) is 0 Å². The first kappa shape index (κ1) is 20.0. The van der Waals surface area contributed by atoms with Gasteiger partial charge in [-0.1, -0.05) is 12.8 Å². The van der Waals surface area contributed by atoms with Crippen LogP contribution < -0.4 is 10.6 Å². The smallest absolute Gasteiger partial charge is 0.325 e. The monoisotopic (exact) mass is 372 g/mol. The number of urea groups is 1. The van der Waals surface area contributed by atoms with E-state index >= 15 is 0 Å². The summed E-state index contributed by atoms with van der Waals surface area (Å²) in [5.74, 6) is 0.105. The molecular formula is C17H29ClN4O3. The van der Waals surface area contributed by atoms with Crippen LogP contribution in [0.25, 0.3) is 0 Å². The fourth-order valence-electron chi connectivity index (χ4n) is 4.41. The van der Waals surface area contributed by atoms with Crippen LogP contribution in [-0.4, -0.2) is 65.9 Å². The van der Waals surface area contributed by atoms with Gasteiger partial charge in [0.25, 0.3) is 5.91 Å². The highest BCUT2D eigenvalue weighted by Gasteiger charge is 2.54. The van der Waals surface area contributed by atoms with Crippen LogP contribution in [0.2, 0.25) is 0 Å². The van der Waals surface area contributed by atoms with Crippen molar-refractivity contribution in [3.8, 4) is 0 Å². The van der Waals surface area contributed by atoms with Gasteiger partial charge >= 0.3 is 6.03 Å². The lowest BCUT2D eigenvalue weighted by molar-refractivity contribution is -0.143. The maximum absolute atomic E-state index is 12.9. The Hall–Kier alpha value is -1.34. The molecule has 142 valence electrons. The predicted molar refractivity (Wildman–Crippen MR) is 96.5 cm³/mol. The lowest BCUT2D eigenvalue weighted by Crippen LogP contribution is -2.53. The fraction of sp³-hybridized carbons (Fsp3) is 0.824. The molecule has 0 aromatic carbocycles. The van der Waals surface area contributed by atoms with Crippen molar-refractivity contribution in [1.82, 2.24) is 20.4 Å². The number of nitrogens with zero attached hydrogens (tertiary/aromatic N) is 2. The molecule has 0 radical (unpaired) electrons. The second-order valence-corrected chi connectivity index (χ2v) is 7.42. The summed E-state index contributed by atoms with van der Waals surface area (Å²) < 4.78 is 0. The zero-order chi connectivity index (χ0) is 17.3. The van der Waals surface area contributed by atoms with E-state index in [1.165, 1.54) is 0 Å². The number of hydrogen-bond donors (Lipinski definition) is 2. The molecule has 0 aromatic heterocycles. The summed E-state index contributed by atoms with van der Waals surface area (Å²) in [6.07, 6.45) is 5.33. The van der Waals surface area contributed by atoms with E-state index in [1.54, 1.807) is 6.92 Å². The number of amides is 4. The van der Waals surface area contributed by atoms with Crippen LogP contribution in [0.4, 0.5) is 4.79 Å². The molecule has 2 N–H and O–H groups in total. The van der Waals surface area contributed by atoms with Gasteiger partial charge in [-0.05, 0) is 52.1 Å². The quantitative estimate of drug-likeness (QED) is 0.724. The Morgan fingerprint density at radius 3 is 2.64 bits per heavy atom. The maximum Gasteiger partial charge on any atom is 0.325 e. The Labute approximate surface area is 155 Å². The summed E-state index contributed by atoms with van der Waals surface area (Å²) in [5, 5.41) is 6.02. The number of nitrogens with one attached hydrogen (secondary N) is 2.